The van der Waals surface area contributed by atoms with Crippen LogP contribution in [0.25, 0.3) is 0 Å². The molecule has 0 rings (SSSR count). The number of nitrogens with zero attached hydrogens (tertiary/aromatic N) is 3. The van der Waals surface area contributed by atoms with Crippen LogP contribution in [0.5, 0.6) is 0 Å². The molecule has 0 saturated carbocycles. The molecule has 0 aliphatic heterocycles. The van der Waals surface area contributed by atoms with Gasteiger partial charge in [-0.25, -0.2) is 19.2 Å². The minimum atomic E-state index is -0.681. The highest BCUT2D eigenvalue weighted by Gasteiger charge is 2.26. The van der Waals surface area contributed by atoms with Gasteiger partial charge < -0.3 is 44.3 Å². The fraction of sp³-hybridized carbons (Fsp3) is 0.908. The minimum absolute atomic E-state index is 0.342. The molecule has 0 bridgehead atoms. The van der Waals surface area contributed by atoms with Crippen LogP contribution < -0.4 is 10.6 Å². The monoisotopic (exact) mass is 1110 g/mol. The van der Waals surface area contributed by atoms with Gasteiger partial charge in [0.05, 0.1) is 0 Å². The Morgan fingerprint density at radius 3 is 1.03 bits per heavy atom. The molecule has 0 spiro atoms. The molecule has 13 heteroatoms. The summed E-state index contributed by atoms with van der Waals surface area (Å²) in [7, 11) is 0. The molecule has 0 aromatic carbocycles. The maximum absolute atomic E-state index is 13.6. The van der Waals surface area contributed by atoms with Crippen LogP contribution in [0.1, 0.15) is 302 Å². The predicted molar refractivity (Wildman–Crippen MR) is 328 cm³/mol. The summed E-state index contributed by atoms with van der Waals surface area (Å²) in [5.41, 5.74) is -1.07. The van der Waals surface area contributed by atoms with E-state index in [2.05, 4.69) is 30.6 Å². The van der Waals surface area contributed by atoms with Gasteiger partial charge in [0.25, 0.3) is 0 Å². The SMILES string of the molecule is CCCCCCCCCCCCCCC/C=C(/CCCCCCCCCCCCCC)CNCCCN(CCCN(CCCCN(CCCNC(=O)OC(C)(C)C)C(=O)OC(C)(C)C)C(=O)OC(C)(C)C)C(=O)OC(C)(C)C. The van der Waals surface area contributed by atoms with Crippen LogP contribution in [-0.4, -0.2) is 120 Å². The molecule has 0 aliphatic carbocycles. The van der Waals surface area contributed by atoms with Crippen molar-refractivity contribution in [3.63, 3.8) is 0 Å². The van der Waals surface area contributed by atoms with Crippen LogP contribution in [0, 0.1) is 0 Å². The largest absolute Gasteiger partial charge is 0.444 e. The van der Waals surface area contributed by atoms with E-state index in [0.29, 0.717) is 71.5 Å². The fourth-order valence-corrected chi connectivity index (χ4v) is 9.26. The van der Waals surface area contributed by atoms with Crippen molar-refractivity contribution in [3.8, 4) is 0 Å². The lowest BCUT2D eigenvalue weighted by Gasteiger charge is -2.30. The Labute approximate surface area is 481 Å². The average Bonchev–Trinajstić information content (AvgIpc) is 3.32. The number of hydrogen-bond donors (Lipinski definition) is 2. The van der Waals surface area contributed by atoms with Gasteiger partial charge >= 0.3 is 24.4 Å². The smallest absolute Gasteiger partial charge is 0.410 e. The lowest BCUT2D eigenvalue weighted by Crippen LogP contribution is -2.42. The van der Waals surface area contributed by atoms with Gasteiger partial charge in [0.15, 0.2) is 0 Å². The van der Waals surface area contributed by atoms with Crippen molar-refractivity contribution >= 4 is 24.4 Å². The number of carbonyl (C=O) groups is 4. The summed E-state index contributed by atoms with van der Waals surface area (Å²) in [5, 5.41) is 6.51. The van der Waals surface area contributed by atoms with Crippen molar-refractivity contribution in [2.75, 3.05) is 58.9 Å². The van der Waals surface area contributed by atoms with Crippen LogP contribution in [0.2, 0.25) is 0 Å². The van der Waals surface area contributed by atoms with Gasteiger partial charge in [0, 0.05) is 52.4 Å². The summed E-state index contributed by atoms with van der Waals surface area (Å²) in [6, 6.07) is 0. The van der Waals surface area contributed by atoms with E-state index in [9.17, 15) is 19.2 Å². The number of hydrogen-bond acceptors (Lipinski definition) is 9. The minimum Gasteiger partial charge on any atom is -0.444 e. The quantitative estimate of drug-likeness (QED) is 0.0346. The number of unbranched alkanes of at least 4 members (excludes halogenated alkanes) is 25. The second kappa shape index (κ2) is 45.4. The van der Waals surface area contributed by atoms with Crippen LogP contribution >= 0.6 is 0 Å². The van der Waals surface area contributed by atoms with E-state index in [-0.39, 0.29) is 6.09 Å². The van der Waals surface area contributed by atoms with Gasteiger partial charge in [-0.05, 0) is 147 Å². The third kappa shape index (κ3) is 49.8. The summed E-state index contributed by atoms with van der Waals surface area (Å²) < 4.78 is 22.8. The van der Waals surface area contributed by atoms with Gasteiger partial charge in [-0.2, -0.15) is 0 Å². The zero-order valence-electron chi connectivity index (χ0n) is 53.7. The first-order chi connectivity index (χ1) is 36.9. The van der Waals surface area contributed by atoms with Crippen LogP contribution in [0.4, 0.5) is 19.2 Å². The molecule has 0 aromatic rings. The Morgan fingerprint density at radius 1 is 0.359 bits per heavy atom. The van der Waals surface area contributed by atoms with Crippen molar-refractivity contribution < 1.29 is 38.1 Å². The van der Waals surface area contributed by atoms with E-state index in [1.165, 1.54) is 166 Å². The molecular formula is C65H127N5O8. The molecule has 0 atom stereocenters. The molecular weight excluding hydrogens is 979 g/mol. The Morgan fingerprint density at radius 2 is 0.667 bits per heavy atom. The maximum Gasteiger partial charge on any atom is 0.410 e. The second-order valence-electron chi connectivity index (χ2n) is 26.3. The normalized spacial score (nSPS) is 12.4. The van der Waals surface area contributed by atoms with Crippen molar-refractivity contribution in [2.24, 2.45) is 0 Å². The van der Waals surface area contributed by atoms with E-state index in [4.69, 9.17) is 18.9 Å². The molecule has 2 N–H and O–H groups in total. The third-order valence-electron chi connectivity index (χ3n) is 13.4. The summed E-state index contributed by atoms with van der Waals surface area (Å²) >= 11 is 0. The third-order valence-corrected chi connectivity index (χ3v) is 13.4. The average molecular weight is 1110 g/mol. The van der Waals surface area contributed by atoms with Gasteiger partial charge in [-0.1, -0.05) is 173 Å². The molecule has 0 unspecified atom stereocenters. The molecule has 460 valence electrons. The zero-order chi connectivity index (χ0) is 58.6. The second-order valence-corrected chi connectivity index (χ2v) is 26.3. The highest BCUT2D eigenvalue weighted by atomic mass is 16.6. The summed E-state index contributed by atoms with van der Waals surface area (Å²) in [6.45, 7) is 31.4. The molecule has 0 heterocycles. The molecule has 0 aliphatic rings. The maximum atomic E-state index is 13.6. The number of carbonyl (C=O) groups excluding carboxylic acids is 4. The number of allylic oxidation sites excluding steroid dienone is 1. The first-order valence-corrected chi connectivity index (χ1v) is 32.1. The number of nitrogens with one attached hydrogen (secondary N) is 2. The first kappa shape index (κ1) is 74.8. The lowest BCUT2D eigenvalue weighted by atomic mass is 10.0. The number of alkyl carbamates (subject to hydrolysis) is 1. The number of rotatable bonds is 46. The summed E-state index contributed by atoms with van der Waals surface area (Å²) in [4.78, 5) is 57.8. The summed E-state index contributed by atoms with van der Waals surface area (Å²) in [6.07, 6.45) is 40.4. The van der Waals surface area contributed by atoms with E-state index >= 15 is 0 Å². The van der Waals surface area contributed by atoms with Gasteiger partial charge in [-0.3, -0.25) is 0 Å². The summed E-state index contributed by atoms with van der Waals surface area (Å²) in [5.74, 6) is 0. The van der Waals surface area contributed by atoms with Crippen molar-refractivity contribution in [2.45, 2.75) is 325 Å². The molecule has 0 aromatic heterocycles. The molecule has 4 amide bonds. The molecule has 78 heavy (non-hydrogen) atoms. The molecule has 0 fully saturated rings. The molecule has 13 nitrogen and oxygen atoms in total. The zero-order valence-corrected chi connectivity index (χ0v) is 53.7. The highest BCUT2D eigenvalue weighted by Crippen LogP contribution is 2.19. The van der Waals surface area contributed by atoms with Crippen LogP contribution in [0.15, 0.2) is 11.6 Å². The Kier molecular flexibility index (Phi) is 43.5. The number of ether oxygens (including phenoxy) is 4. The van der Waals surface area contributed by atoms with Gasteiger partial charge in [0.1, 0.15) is 22.4 Å². The van der Waals surface area contributed by atoms with Crippen molar-refractivity contribution in [1.82, 2.24) is 25.3 Å². The van der Waals surface area contributed by atoms with E-state index in [0.717, 1.165) is 32.4 Å². The fourth-order valence-electron chi connectivity index (χ4n) is 9.26. The Hall–Kier alpha value is -3.22. The van der Waals surface area contributed by atoms with Crippen LogP contribution in [-0.2, 0) is 18.9 Å². The standard InChI is InChI=1S/C65H127N5O8/c1-15-17-19-21-23-25-27-29-30-32-34-36-38-40-47-57(46-39-37-35-33-31-28-26-24-22-20-18-16-2)56-66-48-43-52-70(61(74)78-65(12,13)14)55-45-54-69(60(73)77-64(9,10)11)51-42-41-50-68(59(72)76-63(6,7)8)53-44-49-67-58(71)75-62(3,4)5/h47,66H,15-46,48-56H2,1-14H3,(H,67,71)/b57-47-. The van der Waals surface area contributed by atoms with Crippen molar-refractivity contribution in [1.29, 1.82) is 0 Å². The lowest BCUT2D eigenvalue weighted by molar-refractivity contribution is 0.0181. The highest BCUT2D eigenvalue weighted by molar-refractivity contribution is 5.69. The van der Waals surface area contributed by atoms with Crippen LogP contribution in [0.3, 0.4) is 0 Å². The first-order valence-electron chi connectivity index (χ1n) is 32.1. The van der Waals surface area contributed by atoms with Crippen molar-refractivity contribution in [3.05, 3.63) is 11.6 Å². The molecule has 0 radical (unpaired) electrons. The Balaban J connectivity index is 5.52. The van der Waals surface area contributed by atoms with Gasteiger partial charge in [-0.15, -0.1) is 0 Å². The Bertz CT molecular complexity index is 1530. The van der Waals surface area contributed by atoms with E-state index in [1.54, 1.807) is 14.7 Å². The van der Waals surface area contributed by atoms with Gasteiger partial charge in [0.2, 0.25) is 0 Å². The molecule has 0 saturated heterocycles. The predicted octanol–water partition coefficient (Wildman–Crippen LogP) is 18.3. The number of amides is 4. The topological polar surface area (TPSA) is 139 Å². The van der Waals surface area contributed by atoms with E-state index in [1.807, 2.05) is 83.1 Å². The van der Waals surface area contributed by atoms with E-state index < -0.39 is 40.7 Å².